The van der Waals surface area contributed by atoms with Gasteiger partial charge < -0.3 is 10.6 Å². The van der Waals surface area contributed by atoms with E-state index in [1.807, 2.05) is 12.1 Å². The molecule has 0 spiro atoms. The SMILES string of the molecule is CC(NC(=O)c1cccc2c1CCCN2)C1CCC1. The number of rotatable bonds is 3. The second-order valence-electron chi connectivity index (χ2n) is 5.82. The van der Waals surface area contributed by atoms with Crippen molar-refractivity contribution in [2.45, 2.75) is 45.1 Å². The molecule has 102 valence electrons. The van der Waals surface area contributed by atoms with Crippen molar-refractivity contribution in [2.24, 2.45) is 5.92 Å². The van der Waals surface area contributed by atoms with Crippen LogP contribution in [0.25, 0.3) is 0 Å². The van der Waals surface area contributed by atoms with E-state index >= 15 is 0 Å². The van der Waals surface area contributed by atoms with Gasteiger partial charge in [-0.15, -0.1) is 0 Å². The Morgan fingerprint density at radius 3 is 2.95 bits per heavy atom. The third-order valence-corrected chi connectivity index (χ3v) is 4.56. The Balaban J connectivity index is 1.75. The lowest BCUT2D eigenvalue weighted by molar-refractivity contribution is 0.0908. The van der Waals surface area contributed by atoms with Crippen molar-refractivity contribution in [3.8, 4) is 0 Å². The third-order valence-electron chi connectivity index (χ3n) is 4.56. The number of hydrogen-bond acceptors (Lipinski definition) is 2. The molecule has 1 aromatic carbocycles. The molecule has 1 aliphatic heterocycles. The van der Waals surface area contributed by atoms with Crippen LogP contribution >= 0.6 is 0 Å². The van der Waals surface area contributed by atoms with Gasteiger partial charge in [0.25, 0.3) is 5.91 Å². The van der Waals surface area contributed by atoms with Gasteiger partial charge in [0.05, 0.1) is 0 Å². The van der Waals surface area contributed by atoms with E-state index in [0.717, 1.165) is 30.6 Å². The van der Waals surface area contributed by atoms with Crippen molar-refractivity contribution in [2.75, 3.05) is 11.9 Å². The van der Waals surface area contributed by atoms with Gasteiger partial charge in [-0.2, -0.15) is 0 Å². The first-order valence-electron chi connectivity index (χ1n) is 7.42. The zero-order chi connectivity index (χ0) is 13.2. The van der Waals surface area contributed by atoms with E-state index in [0.29, 0.717) is 12.0 Å². The lowest BCUT2D eigenvalue weighted by atomic mass is 9.80. The molecule has 1 saturated carbocycles. The van der Waals surface area contributed by atoms with Crippen LogP contribution < -0.4 is 10.6 Å². The molecule has 1 amide bonds. The molecule has 1 aromatic rings. The third kappa shape index (κ3) is 2.46. The Hall–Kier alpha value is -1.51. The number of carbonyl (C=O) groups is 1. The van der Waals surface area contributed by atoms with Gasteiger partial charge in [0.2, 0.25) is 0 Å². The molecule has 1 unspecified atom stereocenters. The predicted molar refractivity (Wildman–Crippen MR) is 77.5 cm³/mol. The summed E-state index contributed by atoms with van der Waals surface area (Å²) in [6.07, 6.45) is 5.94. The van der Waals surface area contributed by atoms with Crippen LogP contribution in [-0.4, -0.2) is 18.5 Å². The molecule has 3 heteroatoms. The largest absolute Gasteiger partial charge is 0.385 e. The number of benzene rings is 1. The fourth-order valence-corrected chi connectivity index (χ4v) is 3.06. The van der Waals surface area contributed by atoms with E-state index in [2.05, 4.69) is 23.6 Å². The molecule has 1 fully saturated rings. The van der Waals surface area contributed by atoms with Gasteiger partial charge in [-0.1, -0.05) is 12.5 Å². The number of nitrogens with one attached hydrogen (secondary N) is 2. The quantitative estimate of drug-likeness (QED) is 0.875. The fourth-order valence-electron chi connectivity index (χ4n) is 3.06. The smallest absolute Gasteiger partial charge is 0.251 e. The van der Waals surface area contributed by atoms with Crippen LogP contribution in [0.1, 0.15) is 48.5 Å². The Morgan fingerprint density at radius 2 is 2.21 bits per heavy atom. The normalized spacial score (nSPS) is 19.8. The molecule has 1 atom stereocenters. The molecule has 3 rings (SSSR count). The Bertz CT molecular complexity index is 480. The summed E-state index contributed by atoms with van der Waals surface area (Å²) in [5, 5.41) is 6.56. The van der Waals surface area contributed by atoms with Crippen LogP contribution in [0.5, 0.6) is 0 Å². The summed E-state index contributed by atoms with van der Waals surface area (Å²) < 4.78 is 0. The molecular weight excluding hydrogens is 236 g/mol. The van der Waals surface area contributed by atoms with E-state index in [-0.39, 0.29) is 5.91 Å². The first-order valence-corrected chi connectivity index (χ1v) is 7.42. The Morgan fingerprint density at radius 1 is 1.37 bits per heavy atom. The first-order chi connectivity index (χ1) is 9.25. The molecule has 0 radical (unpaired) electrons. The average molecular weight is 258 g/mol. The molecule has 2 N–H and O–H groups in total. The summed E-state index contributed by atoms with van der Waals surface area (Å²) in [6.45, 7) is 3.14. The molecule has 3 nitrogen and oxygen atoms in total. The highest BCUT2D eigenvalue weighted by Gasteiger charge is 2.26. The standard InChI is InChI=1S/C16H22N2O/c1-11(12-5-2-6-12)18-16(19)14-7-3-9-15-13(14)8-4-10-17-15/h3,7,9,11-12,17H,2,4-6,8,10H2,1H3,(H,18,19). The number of carbonyl (C=O) groups excluding carboxylic acids is 1. The first kappa shape index (κ1) is 12.5. The average Bonchev–Trinajstić information content (AvgIpc) is 2.35. The molecule has 0 aromatic heterocycles. The van der Waals surface area contributed by atoms with Gasteiger partial charge >= 0.3 is 0 Å². The van der Waals surface area contributed by atoms with Gasteiger partial charge in [-0.25, -0.2) is 0 Å². The van der Waals surface area contributed by atoms with Gasteiger partial charge in [0.15, 0.2) is 0 Å². The second-order valence-corrected chi connectivity index (χ2v) is 5.82. The molecule has 2 aliphatic rings. The monoisotopic (exact) mass is 258 g/mol. The lowest BCUT2D eigenvalue weighted by Crippen LogP contribution is -2.41. The fraction of sp³-hybridized carbons (Fsp3) is 0.562. The minimum Gasteiger partial charge on any atom is -0.385 e. The van der Waals surface area contributed by atoms with Crippen molar-refractivity contribution in [1.82, 2.24) is 5.32 Å². The van der Waals surface area contributed by atoms with Gasteiger partial charge in [-0.3, -0.25) is 4.79 Å². The van der Waals surface area contributed by atoms with Crippen LogP contribution in [0.4, 0.5) is 5.69 Å². The van der Waals surface area contributed by atoms with Crippen LogP contribution in [-0.2, 0) is 6.42 Å². The van der Waals surface area contributed by atoms with Crippen molar-refractivity contribution in [3.05, 3.63) is 29.3 Å². The van der Waals surface area contributed by atoms with Crippen molar-refractivity contribution in [3.63, 3.8) is 0 Å². The van der Waals surface area contributed by atoms with Crippen LogP contribution in [0, 0.1) is 5.92 Å². The zero-order valence-electron chi connectivity index (χ0n) is 11.5. The number of amides is 1. The van der Waals surface area contributed by atoms with Gasteiger partial charge in [0.1, 0.15) is 0 Å². The van der Waals surface area contributed by atoms with Gasteiger partial charge in [0, 0.05) is 23.8 Å². The van der Waals surface area contributed by atoms with Gasteiger partial charge in [-0.05, 0) is 56.2 Å². The second kappa shape index (κ2) is 5.24. The van der Waals surface area contributed by atoms with Crippen molar-refractivity contribution < 1.29 is 4.79 Å². The summed E-state index contributed by atoms with van der Waals surface area (Å²) >= 11 is 0. The Kier molecular flexibility index (Phi) is 3.45. The van der Waals surface area contributed by atoms with Crippen molar-refractivity contribution in [1.29, 1.82) is 0 Å². The lowest BCUT2D eigenvalue weighted by Gasteiger charge is -2.32. The van der Waals surface area contributed by atoms with Crippen LogP contribution in [0.3, 0.4) is 0 Å². The predicted octanol–water partition coefficient (Wildman–Crippen LogP) is 2.96. The number of fused-ring (bicyclic) bond motifs is 1. The summed E-state index contributed by atoms with van der Waals surface area (Å²) in [4.78, 5) is 12.4. The van der Waals surface area contributed by atoms with E-state index in [1.165, 1.54) is 24.8 Å². The summed E-state index contributed by atoms with van der Waals surface area (Å²) in [5.74, 6) is 0.779. The topological polar surface area (TPSA) is 41.1 Å². The maximum atomic E-state index is 12.4. The van der Waals surface area contributed by atoms with E-state index in [9.17, 15) is 4.79 Å². The maximum Gasteiger partial charge on any atom is 0.251 e. The highest BCUT2D eigenvalue weighted by Crippen LogP contribution is 2.30. The summed E-state index contributed by atoms with van der Waals surface area (Å²) in [6, 6.07) is 6.30. The summed E-state index contributed by atoms with van der Waals surface area (Å²) in [5.41, 5.74) is 3.18. The minimum absolute atomic E-state index is 0.0972. The number of anilines is 1. The maximum absolute atomic E-state index is 12.4. The Labute approximate surface area is 114 Å². The molecule has 0 saturated heterocycles. The molecular formula is C16H22N2O. The molecule has 19 heavy (non-hydrogen) atoms. The highest BCUT2D eigenvalue weighted by molar-refractivity contribution is 5.97. The van der Waals surface area contributed by atoms with Crippen LogP contribution in [0.15, 0.2) is 18.2 Å². The van der Waals surface area contributed by atoms with E-state index in [1.54, 1.807) is 0 Å². The molecule has 1 aliphatic carbocycles. The minimum atomic E-state index is 0.0972. The molecule has 0 bridgehead atoms. The van der Waals surface area contributed by atoms with Crippen LogP contribution in [0.2, 0.25) is 0 Å². The number of hydrogen-bond donors (Lipinski definition) is 2. The zero-order valence-corrected chi connectivity index (χ0v) is 11.5. The molecule has 1 heterocycles. The van der Waals surface area contributed by atoms with Crippen molar-refractivity contribution >= 4 is 11.6 Å². The van der Waals surface area contributed by atoms with E-state index in [4.69, 9.17) is 0 Å². The highest BCUT2D eigenvalue weighted by atomic mass is 16.1. The van der Waals surface area contributed by atoms with E-state index < -0.39 is 0 Å². The summed E-state index contributed by atoms with van der Waals surface area (Å²) in [7, 11) is 0.